The monoisotopic (exact) mass is 455 g/mol. The molecule has 154 valence electrons. The summed E-state index contributed by atoms with van der Waals surface area (Å²) in [5.74, 6) is -0.217. The Balaban J connectivity index is 1.81. The molecule has 2 aliphatic heterocycles. The molecule has 2 aromatic carbocycles. The van der Waals surface area contributed by atoms with E-state index in [-0.39, 0.29) is 28.8 Å². The number of hydrogen-bond acceptors (Lipinski definition) is 5. The molecule has 2 N–H and O–H groups in total. The maximum atomic E-state index is 13.4. The number of hydrogen-bond donors (Lipinski definition) is 2. The van der Waals surface area contributed by atoms with Crippen molar-refractivity contribution in [1.82, 2.24) is 0 Å². The zero-order valence-electron chi connectivity index (χ0n) is 15.4. The van der Waals surface area contributed by atoms with E-state index < -0.39 is 20.0 Å². The van der Waals surface area contributed by atoms with Crippen LogP contribution in [0.4, 0.5) is 17.1 Å². The third-order valence-corrected chi connectivity index (χ3v) is 7.72. The molecule has 29 heavy (non-hydrogen) atoms. The van der Waals surface area contributed by atoms with Gasteiger partial charge in [-0.25, -0.2) is 16.8 Å². The van der Waals surface area contributed by atoms with E-state index in [0.29, 0.717) is 41.0 Å². The molecule has 4 rings (SSSR count). The van der Waals surface area contributed by atoms with E-state index in [0.717, 1.165) is 6.26 Å². The van der Waals surface area contributed by atoms with Gasteiger partial charge in [0.1, 0.15) is 4.90 Å². The van der Waals surface area contributed by atoms with Gasteiger partial charge in [0.05, 0.1) is 29.1 Å². The molecule has 0 fully saturated rings. The number of carbonyl (C=O) groups excluding carboxylic acids is 1. The number of sulfonamides is 2. The van der Waals surface area contributed by atoms with Crippen molar-refractivity contribution in [1.29, 1.82) is 0 Å². The van der Waals surface area contributed by atoms with Crippen molar-refractivity contribution >= 4 is 54.6 Å². The minimum atomic E-state index is -4.02. The van der Waals surface area contributed by atoms with E-state index in [1.807, 2.05) is 0 Å². The van der Waals surface area contributed by atoms with Gasteiger partial charge in [-0.1, -0.05) is 17.7 Å². The van der Waals surface area contributed by atoms with Crippen LogP contribution in [0, 0.1) is 0 Å². The van der Waals surface area contributed by atoms with Crippen LogP contribution >= 0.6 is 11.6 Å². The number of amides is 1. The highest BCUT2D eigenvalue weighted by atomic mass is 35.5. The summed E-state index contributed by atoms with van der Waals surface area (Å²) in [5.41, 5.74) is 2.47. The molecule has 0 bridgehead atoms. The summed E-state index contributed by atoms with van der Waals surface area (Å²) >= 11 is 6.26. The number of halogens is 1. The van der Waals surface area contributed by atoms with Crippen molar-refractivity contribution in [3.8, 4) is 0 Å². The Hall–Kier alpha value is -2.30. The van der Waals surface area contributed by atoms with E-state index in [9.17, 15) is 21.6 Å². The first-order chi connectivity index (χ1) is 13.6. The Kier molecular flexibility index (Phi) is 4.75. The maximum Gasteiger partial charge on any atom is 0.265 e. The molecule has 11 heteroatoms. The molecule has 8 nitrogen and oxygen atoms in total. The second kappa shape index (κ2) is 6.89. The van der Waals surface area contributed by atoms with Crippen LogP contribution in [0.2, 0.25) is 5.02 Å². The highest BCUT2D eigenvalue weighted by molar-refractivity contribution is 7.93. The van der Waals surface area contributed by atoms with E-state index in [2.05, 4.69) is 10.0 Å². The topological polar surface area (TPSA) is 113 Å². The zero-order chi connectivity index (χ0) is 21.0. The van der Waals surface area contributed by atoms with Crippen LogP contribution in [0.3, 0.4) is 0 Å². The van der Waals surface area contributed by atoms with Crippen LogP contribution in [0.15, 0.2) is 35.2 Å². The van der Waals surface area contributed by atoms with E-state index in [4.69, 9.17) is 11.6 Å². The molecule has 2 aliphatic rings. The molecule has 2 aromatic rings. The molecule has 0 unspecified atom stereocenters. The molecule has 0 atom stereocenters. The fourth-order valence-electron chi connectivity index (χ4n) is 3.68. The minimum Gasteiger partial charge on any atom is -0.325 e. The Morgan fingerprint density at radius 1 is 1.17 bits per heavy atom. The molecule has 2 heterocycles. The van der Waals surface area contributed by atoms with E-state index in [1.165, 1.54) is 16.4 Å². The average Bonchev–Trinajstić information content (AvgIpc) is 2.98. The van der Waals surface area contributed by atoms with Crippen molar-refractivity contribution in [2.75, 3.05) is 27.1 Å². The van der Waals surface area contributed by atoms with Crippen LogP contribution in [0.1, 0.15) is 17.5 Å². The van der Waals surface area contributed by atoms with Crippen LogP contribution in [-0.2, 0) is 37.7 Å². The van der Waals surface area contributed by atoms with Crippen LogP contribution in [0.5, 0.6) is 0 Å². The summed E-state index contributed by atoms with van der Waals surface area (Å²) in [7, 11) is -7.53. The van der Waals surface area contributed by atoms with Crippen molar-refractivity contribution < 1.29 is 21.6 Å². The fraction of sp³-hybridized carbons (Fsp3) is 0.278. The Bertz CT molecular complexity index is 1240. The van der Waals surface area contributed by atoms with Gasteiger partial charge in [0.15, 0.2) is 0 Å². The lowest BCUT2D eigenvalue weighted by molar-refractivity contribution is -0.115. The summed E-state index contributed by atoms with van der Waals surface area (Å²) in [6.07, 6.45) is 2.20. The van der Waals surface area contributed by atoms with Gasteiger partial charge in [-0.3, -0.25) is 13.8 Å². The molecule has 0 aliphatic carbocycles. The summed E-state index contributed by atoms with van der Waals surface area (Å²) in [6, 6.07) is 7.73. The molecule has 0 spiro atoms. The second-order valence-corrected chi connectivity index (χ2v) is 11.0. The number of nitrogens with one attached hydrogen (secondary N) is 2. The summed E-state index contributed by atoms with van der Waals surface area (Å²) in [4.78, 5) is 11.5. The lowest BCUT2D eigenvalue weighted by atomic mass is 10.0. The number of carbonyl (C=O) groups is 1. The number of rotatable bonds is 4. The normalized spacial score (nSPS) is 16.2. The maximum absolute atomic E-state index is 13.4. The van der Waals surface area contributed by atoms with Gasteiger partial charge in [0.25, 0.3) is 10.0 Å². The standard InChI is InChI=1S/C18H18ClN3O5S2/c1-28(24,25)21-14-5-2-6-16-12(14)4-3-7-22(16)29(26,27)17-8-11-9-18(23)20-15(11)10-13(17)19/h2,5-6,8,10,21H,3-4,7,9H2,1H3,(H,20,23). The van der Waals surface area contributed by atoms with Gasteiger partial charge in [-0.05, 0) is 42.7 Å². The molecule has 0 saturated carbocycles. The lowest BCUT2D eigenvalue weighted by Crippen LogP contribution is -2.36. The first-order valence-corrected chi connectivity index (χ1v) is 12.5. The number of benzene rings is 2. The van der Waals surface area contributed by atoms with Crippen LogP contribution in [-0.4, -0.2) is 35.5 Å². The quantitative estimate of drug-likeness (QED) is 0.734. The van der Waals surface area contributed by atoms with E-state index >= 15 is 0 Å². The number of anilines is 3. The molecule has 1 amide bonds. The Morgan fingerprint density at radius 2 is 1.93 bits per heavy atom. The first kappa shape index (κ1) is 20.0. The van der Waals surface area contributed by atoms with Gasteiger partial charge < -0.3 is 5.32 Å². The van der Waals surface area contributed by atoms with Crippen LogP contribution < -0.4 is 14.3 Å². The van der Waals surface area contributed by atoms with Crippen molar-refractivity contribution in [2.24, 2.45) is 0 Å². The lowest BCUT2D eigenvalue weighted by Gasteiger charge is -2.32. The van der Waals surface area contributed by atoms with Gasteiger partial charge >= 0.3 is 0 Å². The predicted octanol–water partition coefficient (Wildman–Crippen LogP) is 2.35. The zero-order valence-corrected chi connectivity index (χ0v) is 17.8. The average molecular weight is 456 g/mol. The van der Waals surface area contributed by atoms with Crippen LogP contribution in [0.25, 0.3) is 0 Å². The molecule has 0 radical (unpaired) electrons. The second-order valence-electron chi connectivity index (χ2n) is 7.02. The summed E-state index contributed by atoms with van der Waals surface area (Å²) < 4.78 is 53.9. The number of fused-ring (bicyclic) bond motifs is 2. The minimum absolute atomic E-state index is 0.0171. The van der Waals surface area contributed by atoms with Gasteiger partial charge in [-0.2, -0.15) is 0 Å². The first-order valence-electron chi connectivity index (χ1n) is 8.81. The molecular weight excluding hydrogens is 438 g/mol. The van der Waals surface area contributed by atoms with Crippen molar-refractivity contribution in [3.05, 3.63) is 46.5 Å². The van der Waals surface area contributed by atoms with Gasteiger partial charge in [0.2, 0.25) is 15.9 Å². The molecule has 0 saturated heterocycles. The third kappa shape index (κ3) is 3.67. The fourth-order valence-corrected chi connectivity index (χ4v) is 6.36. The SMILES string of the molecule is CS(=O)(=O)Nc1cccc2c1CCCN2S(=O)(=O)c1cc2c(cc1Cl)NC(=O)C2. The number of nitrogens with zero attached hydrogens (tertiary/aromatic N) is 1. The van der Waals surface area contributed by atoms with Crippen molar-refractivity contribution in [3.63, 3.8) is 0 Å². The summed E-state index contributed by atoms with van der Waals surface area (Å²) in [5, 5.41) is 2.66. The highest BCUT2D eigenvalue weighted by Crippen LogP contribution is 2.39. The highest BCUT2D eigenvalue weighted by Gasteiger charge is 2.33. The van der Waals surface area contributed by atoms with Gasteiger partial charge in [-0.15, -0.1) is 0 Å². The summed E-state index contributed by atoms with van der Waals surface area (Å²) in [6.45, 7) is 0.238. The molecule has 0 aromatic heterocycles. The van der Waals surface area contributed by atoms with Crippen molar-refractivity contribution in [2.45, 2.75) is 24.2 Å². The molecular formula is C18H18ClN3O5S2. The third-order valence-electron chi connectivity index (χ3n) is 4.85. The predicted molar refractivity (Wildman–Crippen MR) is 112 cm³/mol. The Morgan fingerprint density at radius 3 is 2.66 bits per heavy atom. The largest absolute Gasteiger partial charge is 0.325 e. The Labute approximate surface area is 174 Å². The van der Waals surface area contributed by atoms with E-state index in [1.54, 1.807) is 18.2 Å². The smallest absolute Gasteiger partial charge is 0.265 e. The van der Waals surface area contributed by atoms with Gasteiger partial charge in [0, 0.05) is 17.8 Å².